The molecule has 0 aliphatic carbocycles. The first-order valence-electron chi connectivity index (χ1n) is 5.92. The normalized spacial score (nSPS) is 11.9. The van der Waals surface area contributed by atoms with Gasteiger partial charge in [0.1, 0.15) is 12.1 Å². The van der Waals surface area contributed by atoms with E-state index in [2.05, 4.69) is 25.9 Å². The van der Waals surface area contributed by atoms with Gasteiger partial charge in [-0.2, -0.15) is 0 Å². The van der Waals surface area contributed by atoms with Crippen molar-refractivity contribution in [1.29, 1.82) is 0 Å². The van der Waals surface area contributed by atoms with Gasteiger partial charge in [-0.1, -0.05) is 22.9 Å². The molecule has 0 saturated heterocycles. The number of carbonyl (C=O) groups is 1. The molecule has 0 aliphatic rings. The molecule has 1 heterocycles. The summed E-state index contributed by atoms with van der Waals surface area (Å²) in [5.74, 6) is 0.561. The van der Waals surface area contributed by atoms with Crippen LogP contribution in [-0.2, 0) is 0 Å². The average Bonchev–Trinajstić information content (AvgIpc) is 2.47. The monoisotopic (exact) mass is 320 g/mol. The Morgan fingerprint density at radius 3 is 2.47 bits per heavy atom. The smallest absolute Gasteiger partial charge is 0.206 e. The first kappa shape index (κ1) is 13.7. The molecule has 0 radical (unpaired) electrons. The molecule has 0 saturated carbocycles. The second-order valence-corrected chi connectivity index (χ2v) is 4.88. The standard InChI is InChI=1S/C14H13BrN2O2/c1-2-13(14(18)10-7-16-9-17-8-10)19-12-5-3-11(15)4-6-12/h3-9,13H,2H2,1H3/t13-/m1/s1. The van der Waals surface area contributed by atoms with Gasteiger partial charge in [0.05, 0.1) is 5.56 Å². The lowest BCUT2D eigenvalue weighted by Crippen LogP contribution is -2.26. The fourth-order valence-corrected chi connectivity index (χ4v) is 1.88. The zero-order valence-corrected chi connectivity index (χ0v) is 12.0. The van der Waals surface area contributed by atoms with Crippen molar-refractivity contribution in [3.63, 3.8) is 0 Å². The van der Waals surface area contributed by atoms with Crippen molar-refractivity contribution in [3.8, 4) is 5.75 Å². The third kappa shape index (κ3) is 3.61. The van der Waals surface area contributed by atoms with Gasteiger partial charge in [-0.05, 0) is 30.7 Å². The Morgan fingerprint density at radius 2 is 1.89 bits per heavy atom. The van der Waals surface area contributed by atoms with Crippen LogP contribution in [0, 0.1) is 0 Å². The van der Waals surface area contributed by atoms with Crippen molar-refractivity contribution in [2.75, 3.05) is 0 Å². The Labute approximate surface area is 120 Å². The minimum Gasteiger partial charge on any atom is -0.482 e. The van der Waals surface area contributed by atoms with E-state index < -0.39 is 6.10 Å². The Bertz CT molecular complexity index is 543. The van der Waals surface area contributed by atoms with Gasteiger partial charge in [0.15, 0.2) is 6.10 Å². The van der Waals surface area contributed by atoms with E-state index in [9.17, 15) is 4.79 Å². The van der Waals surface area contributed by atoms with Crippen molar-refractivity contribution in [1.82, 2.24) is 9.97 Å². The highest BCUT2D eigenvalue weighted by atomic mass is 79.9. The minimum absolute atomic E-state index is 0.106. The van der Waals surface area contributed by atoms with Crippen molar-refractivity contribution < 1.29 is 9.53 Å². The van der Waals surface area contributed by atoms with Crippen LogP contribution >= 0.6 is 15.9 Å². The van der Waals surface area contributed by atoms with E-state index in [0.29, 0.717) is 17.7 Å². The average molecular weight is 321 g/mol. The molecule has 0 unspecified atom stereocenters. The molecule has 0 aliphatic heterocycles. The van der Waals surface area contributed by atoms with Crippen molar-refractivity contribution in [3.05, 3.63) is 53.0 Å². The predicted molar refractivity (Wildman–Crippen MR) is 75.2 cm³/mol. The number of hydrogen-bond donors (Lipinski definition) is 0. The number of halogens is 1. The van der Waals surface area contributed by atoms with Gasteiger partial charge in [-0.15, -0.1) is 0 Å². The highest BCUT2D eigenvalue weighted by Crippen LogP contribution is 2.19. The molecule has 0 bridgehead atoms. The van der Waals surface area contributed by atoms with Gasteiger partial charge in [0.2, 0.25) is 5.78 Å². The van der Waals surface area contributed by atoms with E-state index in [0.717, 1.165) is 4.47 Å². The molecule has 19 heavy (non-hydrogen) atoms. The number of ketones is 1. The molecular weight excluding hydrogens is 308 g/mol. The van der Waals surface area contributed by atoms with Gasteiger partial charge in [-0.3, -0.25) is 4.79 Å². The fourth-order valence-electron chi connectivity index (χ4n) is 1.61. The summed E-state index contributed by atoms with van der Waals surface area (Å²) < 4.78 is 6.68. The molecule has 0 N–H and O–H groups in total. The molecule has 1 aromatic carbocycles. The van der Waals surface area contributed by atoms with E-state index in [4.69, 9.17) is 4.74 Å². The number of Topliss-reactive ketones (excluding diaryl/α,β-unsaturated/α-hetero) is 1. The van der Waals surface area contributed by atoms with Gasteiger partial charge in [-0.25, -0.2) is 9.97 Å². The molecule has 1 atom stereocenters. The highest BCUT2D eigenvalue weighted by Gasteiger charge is 2.20. The Kier molecular flexibility index (Phi) is 4.63. The van der Waals surface area contributed by atoms with Crippen molar-refractivity contribution in [2.24, 2.45) is 0 Å². The van der Waals surface area contributed by atoms with Crippen LogP contribution in [0.25, 0.3) is 0 Å². The number of nitrogens with zero attached hydrogens (tertiary/aromatic N) is 2. The molecule has 5 heteroatoms. The summed E-state index contributed by atoms with van der Waals surface area (Å²) in [4.78, 5) is 19.9. The summed E-state index contributed by atoms with van der Waals surface area (Å²) in [5.41, 5.74) is 0.464. The number of rotatable bonds is 5. The number of aromatic nitrogens is 2. The summed E-state index contributed by atoms with van der Waals surface area (Å²) in [5, 5.41) is 0. The maximum atomic E-state index is 12.2. The molecular formula is C14H13BrN2O2. The second kappa shape index (κ2) is 6.43. The molecule has 4 nitrogen and oxygen atoms in total. The molecule has 0 fully saturated rings. The van der Waals surface area contributed by atoms with E-state index in [1.54, 1.807) is 0 Å². The number of carbonyl (C=O) groups excluding carboxylic acids is 1. The van der Waals surface area contributed by atoms with Crippen LogP contribution in [0.2, 0.25) is 0 Å². The number of hydrogen-bond acceptors (Lipinski definition) is 4. The second-order valence-electron chi connectivity index (χ2n) is 3.96. The lowest BCUT2D eigenvalue weighted by Gasteiger charge is -2.16. The molecule has 0 amide bonds. The van der Waals surface area contributed by atoms with Gasteiger partial charge in [0, 0.05) is 16.9 Å². The van der Waals surface area contributed by atoms with Crippen LogP contribution in [0.15, 0.2) is 47.5 Å². The van der Waals surface area contributed by atoms with Crippen molar-refractivity contribution in [2.45, 2.75) is 19.4 Å². The molecule has 1 aromatic heterocycles. The van der Waals surface area contributed by atoms with Crippen LogP contribution in [0.4, 0.5) is 0 Å². The first-order chi connectivity index (χ1) is 9.20. The third-order valence-corrected chi connectivity index (χ3v) is 3.13. The topological polar surface area (TPSA) is 52.1 Å². The van der Waals surface area contributed by atoms with Crippen molar-refractivity contribution >= 4 is 21.7 Å². The van der Waals surface area contributed by atoms with E-state index >= 15 is 0 Å². The lowest BCUT2D eigenvalue weighted by molar-refractivity contribution is 0.0786. The largest absolute Gasteiger partial charge is 0.482 e. The van der Waals surface area contributed by atoms with Crippen LogP contribution in [-0.4, -0.2) is 21.9 Å². The van der Waals surface area contributed by atoms with Gasteiger partial charge < -0.3 is 4.74 Å². The lowest BCUT2D eigenvalue weighted by atomic mass is 10.1. The van der Waals surface area contributed by atoms with Gasteiger partial charge in [0.25, 0.3) is 0 Å². The fraction of sp³-hybridized carbons (Fsp3) is 0.214. The van der Waals surface area contributed by atoms with Crippen LogP contribution < -0.4 is 4.74 Å². The van der Waals surface area contributed by atoms with Gasteiger partial charge >= 0.3 is 0 Å². The van der Waals surface area contributed by atoms with E-state index in [-0.39, 0.29) is 5.78 Å². The molecule has 2 rings (SSSR count). The zero-order chi connectivity index (χ0) is 13.7. The number of ether oxygens (including phenoxy) is 1. The predicted octanol–water partition coefficient (Wildman–Crippen LogP) is 3.28. The maximum Gasteiger partial charge on any atom is 0.206 e. The van der Waals surface area contributed by atoms with Crippen LogP contribution in [0.3, 0.4) is 0 Å². The molecule has 98 valence electrons. The highest BCUT2D eigenvalue weighted by molar-refractivity contribution is 9.10. The maximum absolute atomic E-state index is 12.2. The number of benzene rings is 1. The van der Waals surface area contributed by atoms with E-state index in [1.807, 2.05) is 31.2 Å². The summed E-state index contributed by atoms with van der Waals surface area (Å²) in [6, 6.07) is 7.39. The Balaban J connectivity index is 2.12. The summed E-state index contributed by atoms with van der Waals surface area (Å²) in [6.07, 6.45) is 4.47. The Hall–Kier alpha value is -1.75. The minimum atomic E-state index is -0.521. The molecule has 2 aromatic rings. The SMILES string of the molecule is CC[C@@H](Oc1ccc(Br)cc1)C(=O)c1cncnc1. The first-order valence-corrected chi connectivity index (χ1v) is 6.71. The zero-order valence-electron chi connectivity index (χ0n) is 10.4. The summed E-state index contributed by atoms with van der Waals surface area (Å²) in [7, 11) is 0. The quantitative estimate of drug-likeness (QED) is 0.793. The van der Waals surface area contributed by atoms with Crippen LogP contribution in [0.5, 0.6) is 5.75 Å². The third-order valence-electron chi connectivity index (χ3n) is 2.60. The van der Waals surface area contributed by atoms with E-state index in [1.165, 1.54) is 18.7 Å². The van der Waals surface area contributed by atoms with Crippen LogP contribution in [0.1, 0.15) is 23.7 Å². The Morgan fingerprint density at radius 1 is 1.26 bits per heavy atom. The summed E-state index contributed by atoms with van der Waals surface area (Å²) in [6.45, 7) is 1.91. The molecule has 0 spiro atoms. The summed E-state index contributed by atoms with van der Waals surface area (Å²) >= 11 is 3.36.